The maximum atomic E-state index is 5.24. The van der Waals surface area contributed by atoms with E-state index in [0.29, 0.717) is 0 Å². The molecule has 0 radical (unpaired) electrons. The number of nitrogens with zero attached hydrogens (tertiary/aromatic N) is 3. The van der Waals surface area contributed by atoms with Gasteiger partial charge in [0, 0.05) is 33.1 Å². The fourth-order valence-corrected chi connectivity index (χ4v) is 5.83. The van der Waals surface area contributed by atoms with Gasteiger partial charge in [0.05, 0.1) is 33.3 Å². The lowest BCUT2D eigenvalue weighted by Gasteiger charge is -2.08. The Hall–Kier alpha value is -5.15. The highest BCUT2D eigenvalue weighted by atomic mass is 15.0. The summed E-state index contributed by atoms with van der Waals surface area (Å²) in [4.78, 5) is 5.24. The van der Waals surface area contributed by atoms with Crippen molar-refractivity contribution in [1.82, 2.24) is 14.1 Å². The van der Waals surface area contributed by atoms with Crippen LogP contribution in [-0.4, -0.2) is 14.1 Å². The van der Waals surface area contributed by atoms with Crippen molar-refractivity contribution in [3.8, 4) is 22.6 Å². The van der Waals surface area contributed by atoms with Gasteiger partial charge < -0.3 is 9.13 Å². The van der Waals surface area contributed by atoms with Crippen LogP contribution in [-0.2, 0) is 0 Å². The molecule has 3 heterocycles. The highest BCUT2D eigenvalue weighted by molar-refractivity contribution is 6.11. The van der Waals surface area contributed by atoms with Gasteiger partial charge in [-0.3, -0.25) is 0 Å². The standard InChI is InChI=1S/C35H23N3/c1-3-11-25(12-4-1)37-31-17-9-7-15-27(31)29-23-24(19-21-33(29)37)30-20-22-34-35(36-30)28-16-8-10-18-32(28)38(34)26-13-5-2-6-14-26/h1-23H. The Bertz CT molecular complexity index is 1960. The van der Waals surface area contributed by atoms with Crippen molar-refractivity contribution < 1.29 is 0 Å². The lowest BCUT2D eigenvalue weighted by Crippen LogP contribution is -1.94. The molecule has 0 N–H and O–H groups in total. The van der Waals surface area contributed by atoms with Gasteiger partial charge in [-0.1, -0.05) is 78.9 Å². The number of benzene rings is 5. The van der Waals surface area contributed by atoms with Crippen LogP contribution >= 0.6 is 0 Å². The molecule has 0 aliphatic rings. The average Bonchev–Trinajstić information content (AvgIpc) is 3.50. The summed E-state index contributed by atoms with van der Waals surface area (Å²) in [5.41, 5.74) is 10.1. The van der Waals surface area contributed by atoms with E-state index in [-0.39, 0.29) is 0 Å². The zero-order valence-electron chi connectivity index (χ0n) is 20.6. The van der Waals surface area contributed by atoms with E-state index in [2.05, 4.69) is 149 Å². The number of aromatic nitrogens is 3. The maximum Gasteiger partial charge on any atom is 0.0970 e. The van der Waals surface area contributed by atoms with Crippen molar-refractivity contribution in [2.75, 3.05) is 0 Å². The quantitative estimate of drug-likeness (QED) is 0.245. The first kappa shape index (κ1) is 21.0. The third-order valence-corrected chi connectivity index (χ3v) is 7.51. The molecule has 5 aromatic carbocycles. The normalized spacial score (nSPS) is 11.7. The van der Waals surface area contributed by atoms with E-state index < -0.39 is 0 Å². The van der Waals surface area contributed by atoms with Gasteiger partial charge in [0.2, 0.25) is 0 Å². The van der Waals surface area contributed by atoms with Gasteiger partial charge in [-0.15, -0.1) is 0 Å². The van der Waals surface area contributed by atoms with Crippen LogP contribution in [0.3, 0.4) is 0 Å². The molecule has 0 amide bonds. The molecule has 0 spiro atoms. The summed E-state index contributed by atoms with van der Waals surface area (Å²) in [6.45, 7) is 0. The molecule has 8 rings (SSSR count). The Morgan fingerprint density at radius 1 is 0.395 bits per heavy atom. The van der Waals surface area contributed by atoms with Crippen LogP contribution in [0.4, 0.5) is 0 Å². The molecular formula is C35H23N3. The molecule has 3 nitrogen and oxygen atoms in total. The molecule has 3 aromatic heterocycles. The predicted molar refractivity (Wildman–Crippen MR) is 158 cm³/mol. The Morgan fingerprint density at radius 3 is 1.63 bits per heavy atom. The van der Waals surface area contributed by atoms with E-state index in [9.17, 15) is 0 Å². The summed E-state index contributed by atoms with van der Waals surface area (Å²) in [5.74, 6) is 0. The lowest BCUT2D eigenvalue weighted by atomic mass is 10.1. The van der Waals surface area contributed by atoms with E-state index in [1.807, 2.05) is 0 Å². The van der Waals surface area contributed by atoms with Gasteiger partial charge >= 0.3 is 0 Å². The first-order valence-electron chi connectivity index (χ1n) is 12.9. The highest BCUT2D eigenvalue weighted by Crippen LogP contribution is 2.36. The van der Waals surface area contributed by atoms with Crippen molar-refractivity contribution in [2.45, 2.75) is 0 Å². The van der Waals surface area contributed by atoms with Crippen LogP contribution in [0.1, 0.15) is 0 Å². The van der Waals surface area contributed by atoms with E-state index in [1.165, 1.54) is 33.0 Å². The molecule has 0 aliphatic carbocycles. The molecule has 8 aromatic rings. The molecule has 0 unspecified atom stereocenters. The molecular weight excluding hydrogens is 462 g/mol. The molecule has 0 aliphatic heterocycles. The minimum Gasteiger partial charge on any atom is -0.309 e. The summed E-state index contributed by atoms with van der Waals surface area (Å²) < 4.78 is 4.65. The van der Waals surface area contributed by atoms with Crippen molar-refractivity contribution in [3.63, 3.8) is 0 Å². The smallest absolute Gasteiger partial charge is 0.0970 e. The maximum absolute atomic E-state index is 5.24. The minimum atomic E-state index is 0.979. The van der Waals surface area contributed by atoms with Crippen LogP contribution in [0, 0.1) is 0 Å². The van der Waals surface area contributed by atoms with Crippen molar-refractivity contribution in [1.29, 1.82) is 0 Å². The van der Waals surface area contributed by atoms with Gasteiger partial charge in [0.15, 0.2) is 0 Å². The third-order valence-electron chi connectivity index (χ3n) is 7.51. The Labute approximate surface area is 219 Å². The molecule has 0 atom stereocenters. The SMILES string of the molecule is c1ccc(-n2c3ccccc3c3cc(-c4ccc5c(n4)c4ccccc4n5-c4ccccc4)ccc32)cc1. The molecule has 3 heteroatoms. The second-order valence-corrected chi connectivity index (χ2v) is 9.67. The molecule has 0 bridgehead atoms. The average molecular weight is 486 g/mol. The van der Waals surface area contributed by atoms with Gasteiger partial charge in [-0.2, -0.15) is 0 Å². The largest absolute Gasteiger partial charge is 0.309 e. The summed E-state index contributed by atoms with van der Waals surface area (Å²) in [7, 11) is 0. The summed E-state index contributed by atoms with van der Waals surface area (Å²) in [6, 6.07) is 49.4. The Balaban J connectivity index is 1.36. The number of rotatable bonds is 3. The summed E-state index contributed by atoms with van der Waals surface area (Å²) >= 11 is 0. The van der Waals surface area contributed by atoms with E-state index >= 15 is 0 Å². The summed E-state index contributed by atoms with van der Waals surface area (Å²) in [6.07, 6.45) is 0. The number of hydrogen-bond acceptors (Lipinski definition) is 1. The lowest BCUT2D eigenvalue weighted by molar-refractivity contribution is 1.17. The topological polar surface area (TPSA) is 22.8 Å². The zero-order valence-corrected chi connectivity index (χ0v) is 20.6. The van der Waals surface area contributed by atoms with Crippen LogP contribution in [0.2, 0.25) is 0 Å². The van der Waals surface area contributed by atoms with Crippen molar-refractivity contribution >= 4 is 43.7 Å². The Morgan fingerprint density at radius 2 is 0.921 bits per heavy atom. The van der Waals surface area contributed by atoms with Crippen LogP contribution in [0.5, 0.6) is 0 Å². The second-order valence-electron chi connectivity index (χ2n) is 9.67. The fraction of sp³-hybridized carbons (Fsp3) is 0. The van der Waals surface area contributed by atoms with E-state index in [0.717, 1.165) is 33.4 Å². The number of para-hydroxylation sites is 4. The van der Waals surface area contributed by atoms with Crippen LogP contribution < -0.4 is 0 Å². The monoisotopic (exact) mass is 485 g/mol. The Kier molecular flexibility index (Phi) is 4.52. The number of hydrogen-bond donors (Lipinski definition) is 0. The van der Waals surface area contributed by atoms with Gasteiger partial charge in [-0.25, -0.2) is 4.98 Å². The van der Waals surface area contributed by atoms with E-state index in [4.69, 9.17) is 4.98 Å². The number of fused-ring (bicyclic) bond motifs is 6. The molecule has 0 saturated heterocycles. The minimum absolute atomic E-state index is 0.979. The first-order chi connectivity index (χ1) is 18.9. The van der Waals surface area contributed by atoms with Gasteiger partial charge in [-0.05, 0) is 60.7 Å². The van der Waals surface area contributed by atoms with Crippen molar-refractivity contribution in [3.05, 3.63) is 140 Å². The first-order valence-corrected chi connectivity index (χ1v) is 12.9. The predicted octanol–water partition coefficient (Wildman–Crippen LogP) is 8.94. The highest BCUT2D eigenvalue weighted by Gasteiger charge is 2.16. The van der Waals surface area contributed by atoms with E-state index in [1.54, 1.807) is 0 Å². The zero-order chi connectivity index (χ0) is 25.1. The van der Waals surface area contributed by atoms with Crippen LogP contribution in [0.25, 0.3) is 66.4 Å². The second kappa shape index (κ2) is 8.19. The fourth-order valence-electron chi connectivity index (χ4n) is 5.83. The molecule has 0 saturated carbocycles. The van der Waals surface area contributed by atoms with Gasteiger partial charge in [0.25, 0.3) is 0 Å². The van der Waals surface area contributed by atoms with Crippen molar-refractivity contribution in [2.24, 2.45) is 0 Å². The third kappa shape index (κ3) is 3.06. The van der Waals surface area contributed by atoms with Gasteiger partial charge in [0.1, 0.15) is 0 Å². The molecule has 0 fully saturated rings. The number of pyridine rings is 1. The summed E-state index contributed by atoms with van der Waals surface area (Å²) in [5, 5.41) is 3.64. The molecule has 38 heavy (non-hydrogen) atoms. The molecule has 178 valence electrons. The van der Waals surface area contributed by atoms with Crippen LogP contribution in [0.15, 0.2) is 140 Å².